The topological polar surface area (TPSA) is 66.9 Å². The Morgan fingerprint density at radius 1 is 1.10 bits per heavy atom. The van der Waals surface area contributed by atoms with E-state index in [9.17, 15) is 13.2 Å². The molecule has 1 amide bonds. The van der Waals surface area contributed by atoms with Crippen molar-refractivity contribution >= 4 is 21.6 Å². The van der Waals surface area contributed by atoms with Gasteiger partial charge >= 0.3 is 0 Å². The average Bonchev–Trinajstić information content (AvgIpc) is 2.74. The second kappa shape index (κ2) is 8.55. The van der Waals surface area contributed by atoms with Gasteiger partial charge in [-0.05, 0) is 74.2 Å². The van der Waals surface area contributed by atoms with Gasteiger partial charge in [-0.25, -0.2) is 8.42 Å². The van der Waals surface area contributed by atoms with E-state index in [4.69, 9.17) is 4.74 Å². The molecule has 0 unspecified atom stereocenters. The van der Waals surface area contributed by atoms with Crippen LogP contribution in [0.15, 0.2) is 47.4 Å². The second-order valence-corrected chi connectivity index (χ2v) is 9.48. The molecule has 3 rings (SSSR count). The number of anilines is 1. The molecular formula is C22H28N2O4S. The minimum atomic E-state index is -3.65. The lowest BCUT2D eigenvalue weighted by Crippen LogP contribution is -2.45. The predicted molar refractivity (Wildman–Crippen MR) is 114 cm³/mol. The Kier molecular flexibility index (Phi) is 6.29. The van der Waals surface area contributed by atoms with E-state index < -0.39 is 10.0 Å². The van der Waals surface area contributed by atoms with Crippen LogP contribution in [0.5, 0.6) is 5.75 Å². The number of benzene rings is 2. The number of carbonyl (C=O) groups excluding carboxylic acids is 1. The molecule has 2 aromatic rings. The first-order valence-corrected chi connectivity index (χ1v) is 11.2. The first-order valence-electron chi connectivity index (χ1n) is 9.73. The van der Waals surface area contributed by atoms with Crippen molar-refractivity contribution in [3.05, 3.63) is 53.6 Å². The maximum absolute atomic E-state index is 13.1. The maximum Gasteiger partial charge on any atom is 0.243 e. The molecule has 7 heteroatoms. The molecule has 0 N–H and O–H groups in total. The maximum atomic E-state index is 13.1. The lowest BCUT2D eigenvalue weighted by atomic mass is 9.98. The van der Waals surface area contributed by atoms with Crippen molar-refractivity contribution in [2.24, 2.45) is 5.92 Å². The molecule has 1 heterocycles. The number of piperidine rings is 1. The van der Waals surface area contributed by atoms with Crippen molar-refractivity contribution in [3.63, 3.8) is 0 Å². The van der Waals surface area contributed by atoms with E-state index in [1.54, 1.807) is 36.2 Å². The van der Waals surface area contributed by atoms with Gasteiger partial charge in [-0.2, -0.15) is 4.31 Å². The minimum Gasteiger partial charge on any atom is -0.497 e. The Morgan fingerprint density at radius 2 is 1.79 bits per heavy atom. The minimum absolute atomic E-state index is 0.0529. The molecule has 0 bridgehead atoms. The van der Waals surface area contributed by atoms with Crippen LogP contribution in [0.2, 0.25) is 0 Å². The van der Waals surface area contributed by atoms with Crippen molar-refractivity contribution in [2.75, 3.05) is 32.1 Å². The molecule has 0 saturated carbocycles. The number of nitrogens with zero attached hydrogens (tertiary/aromatic N) is 2. The zero-order chi connectivity index (χ0) is 21.2. The zero-order valence-corrected chi connectivity index (χ0v) is 18.2. The summed E-state index contributed by atoms with van der Waals surface area (Å²) in [4.78, 5) is 14.9. The van der Waals surface area contributed by atoms with Gasteiger partial charge in [-0.15, -0.1) is 0 Å². The summed E-state index contributed by atoms with van der Waals surface area (Å²) in [5.74, 6) is 0.192. The first kappa shape index (κ1) is 21.3. The molecule has 2 aromatic carbocycles. The summed E-state index contributed by atoms with van der Waals surface area (Å²) in [6.45, 7) is 4.67. The zero-order valence-electron chi connectivity index (χ0n) is 17.4. The SMILES string of the molecule is COc1ccc(S(=O)(=O)N2CCC[C@@H](C(=O)N(C)c3ccc(C)c(C)c3)C2)cc1. The number of aryl methyl sites for hydroxylation is 2. The lowest BCUT2D eigenvalue weighted by molar-refractivity contribution is -0.123. The Bertz CT molecular complexity index is 986. The number of hydrogen-bond acceptors (Lipinski definition) is 4. The van der Waals surface area contributed by atoms with Crippen molar-refractivity contribution in [3.8, 4) is 5.75 Å². The number of rotatable bonds is 5. The number of ether oxygens (including phenoxy) is 1. The molecule has 156 valence electrons. The Balaban J connectivity index is 1.76. The van der Waals surface area contributed by atoms with Gasteiger partial charge in [0, 0.05) is 25.8 Å². The van der Waals surface area contributed by atoms with Crippen LogP contribution in [0.1, 0.15) is 24.0 Å². The molecule has 1 aliphatic heterocycles. The van der Waals surface area contributed by atoms with Crippen LogP contribution in [-0.2, 0) is 14.8 Å². The highest BCUT2D eigenvalue weighted by molar-refractivity contribution is 7.89. The molecule has 0 aromatic heterocycles. The number of carbonyl (C=O) groups is 1. The highest BCUT2D eigenvalue weighted by Gasteiger charge is 2.34. The van der Waals surface area contributed by atoms with E-state index in [2.05, 4.69) is 0 Å². The Morgan fingerprint density at radius 3 is 2.41 bits per heavy atom. The highest BCUT2D eigenvalue weighted by Crippen LogP contribution is 2.27. The third kappa shape index (κ3) is 4.46. The number of methoxy groups -OCH3 is 1. The van der Waals surface area contributed by atoms with Gasteiger partial charge in [0.15, 0.2) is 0 Å². The number of amides is 1. The van der Waals surface area contributed by atoms with E-state index in [1.807, 2.05) is 32.0 Å². The molecule has 0 spiro atoms. The second-order valence-electron chi connectivity index (χ2n) is 7.54. The van der Waals surface area contributed by atoms with Crippen LogP contribution in [0.3, 0.4) is 0 Å². The van der Waals surface area contributed by atoms with Crippen LogP contribution < -0.4 is 9.64 Å². The van der Waals surface area contributed by atoms with Gasteiger partial charge in [0.2, 0.25) is 15.9 Å². The van der Waals surface area contributed by atoms with Gasteiger partial charge in [-0.1, -0.05) is 6.07 Å². The molecule has 1 fully saturated rings. The molecular weight excluding hydrogens is 388 g/mol. The summed E-state index contributed by atoms with van der Waals surface area (Å²) in [5.41, 5.74) is 3.12. The Labute approximate surface area is 173 Å². The number of sulfonamides is 1. The van der Waals surface area contributed by atoms with E-state index in [0.717, 1.165) is 11.3 Å². The summed E-state index contributed by atoms with van der Waals surface area (Å²) in [6, 6.07) is 12.3. The summed E-state index contributed by atoms with van der Waals surface area (Å²) in [6.07, 6.45) is 1.34. The van der Waals surface area contributed by atoms with Crippen LogP contribution in [-0.4, -0.2) is 45.9 Å². The molecule has 1 aliphatic rings. The first-order chi connectivity index (χ1) is 13.7. The van der Waals surface area contributed by atoms with Gasteiger partial charge in [0.25, 0.3) is 0 Å². The fraction of sp³-hybridized carbons (Fsp3) is 0.409. The van der Waals surface area contributed by atoms with Gasteiger partial charge in [0.1, 0.15) is 5.75 Å². The molecule has 0 aliphatic carbocycles. The van der Waals surface area contributed by atoms with Crippen molar-refractivity contribution < 1.29 is 17.9 Å². The quantitative estimate of drug-likeness (QED) is 0.749. The molecule has 6 nitrogen and oxygen atoms in total. The average molecular weight is 417 g/mol. The fourth-order valence-corrected chi connectivity index (χ4v) is 5.12. The van der Waals surface area contributed by atoms with Crippen LogP contribution >= 0.6 is 0 Å². The third-order valence-electron chi connectivity index (χ3n) is 5.64. The van der Waals surface area contributed by atoms with Crippen molar-refractivity contribution in [1.82, 2.24) is 4.31 Å². The van der Waals surface area contributed by atoms with Gasteiger partial charge in [0.05, 0.1) is 17.9 Å². The molecule has 29 heavy (non-hydrogen) atoms. The standard InChI is InChI=1S/C22H28N2O4S/c1-16-7-8-19(14-17(16)2)23(3)22(25)18-6-5-13-24(15-18)29(26,27)21-11-9-20(28-4)10-12-21/h7-12,14,18H,5-6,13,15H2,1-4H3/t18-/m1/s1. The van der Waals surface area contributed by atoms with Crippen LogP contribution in [0.4, 0.5) is 5.69 Å². The van der Waals surface area contributed by atoms with Crippen molar-refractivity contribution in [2.45, 2.75) is 31.6 Å². The predicted octanol–water partition coefficient (Wildman–Crippen LogP) is 3.38. The van der Waals surface area contributed by atoms with Crippen LogP contribution in [0, 0.1) is 19.8 Å². The summed E-state index contributed by atoms with van der Waals surface area (Å²) < 4.78 is 32.6. The molecule has 1 atom stereocenters. The van der Waals surface area contributed by atoms with E-state index in [1.165, 1.54) is 17.0 Å². The van der Waals surface area contributed by atoms with Crippen molar-refractivity contribution in [1.29, 1.82) is 0 Å². The smallest absolute Gasteiger partial charge is 0.243 e. The van der Waals surface area contributed by atoms with E-state index in [-0.39, 0.29) is 23.3 Å². The number of hydrogen-bond donors (Lipinski definition) is 0. The summed E-state index contributed by atoms with van der Waals surface area (Å²) >= 11 is 0. The summed E-state index contributed by atoms with van der Waals surface area (Å²) in [7, 11) is -0.358. The van der Waals surface area contributed by atoms with E-state index >= 15 is 0 Å². The Hall–Kier alpha value is -2.38. The van der Waals surface area contributed by atoms with Crippen LogP contribution in [0.25, 0.3) is 0 Å². The van der Waals surface area contributed by atoms with Gasteiger partial charge in [-0.3, -0.25) is 4.79 Å². The third-order valence-corrected chi connectivity index (χ3v) is 7.52. The fourth-order valence-electron chi connectivity index (χ4n) is 3.59. The summed E-state index contributed by atoms with van der Waals surface area (Å²) in [5, 5.41) is 0. The molecule has 0 radical (unpaired) electrons. The highest BCUT2D eigenvalue weighted by atomic mass is 32.2. The lowest BCUT2D eigenvalue weighted by Gasteiger charge is -2.33. The van der Waals surface area contributed by atoms with Gasteiger partial charge < -0.3 is 9.64 Å². The monoisotopic (exact) mass is 416 g/mol. The largest absolute Gasteiger partial charge is 0.497 e. The van der Waals surface area contributed by atoms with E-state index in [0.29, 0.717) is 25.1 Å². The molecule has 1 saturated heterocycles. The normalized spacial score (nSPS) is 17.7.